The Morgan fingerprint density at radius 1 is 0.591 bits per heavy atom. The van der Waals surface area contributed by atoms with E-state index < -0.39 is 0 Å². The third-order valence-corrected chi connectivity index (χ3v) is 3.85. The Labute approximate surface area is 128 Å². The number of benzene rings is 2. The summed E-state index contributed by atoms with van der Waals surface area (Å²) in [6.07, 6.45) is 3.84. The smallest absolute Gasteiger partial charge is 0.123 e. The highest BCUT2D eigenvalue weighted by Gasteiger charge is 2.23. The molecule has 1 aliphatic rings. The minimum absolute atomic E-state index is 0.138. The van der Waals surface area contributed by atoms with E-state index in [4.69, 9.17) is 9.47 Å². The number of hydrogen-bond acceptors (Lipinski definition) is 2. The Morgan fingerprint density at radius 3 is 1.23 bits per heavy atom. The minimum atomic E-state index is -0.260. The van der Waals surface area contributed by atoms with Crippen LogP contribution in [0.4, 0.5) is 8.78 Å². The van der Waals surface area contributed by atoms with E-state index in [0.29, 0.717) is 11.5 Å². The molecule has 0 aromatic heterocycles. The summed E-state index contributed by atoms with van der Waals surface area (Å²) < 4.78 is 37.4. The topological polar surface area (TPSA) is 18.5 Å². The van der Waals surface area contributed by atoms with Gasteiger partial charge in [-0.2, -0.15) is 0 Å². The van der Waals surface area contributed by atoms with Gasteiger partial charge in [-0.3, -0.25) is 0 Å². The molecule has 0 unspecified atom stereocenters. The van der Waals surface area contributed by atoms with Gasteiger partial charge in [-0.1, -0.05) is 0 Å². The normalized spacial score (nSPS) is 21.4. The third-order valence-electron chi connectivity index (χ3n) is 3.85. The van der Waals surface area contributed by atoms with Crippen molar-refractivity contribution in [2.24, 2.45) is 0 Å². The zero-order valence-corrected chi connectivity index (χ0v) is 12.2. The molecular weight excluding hydrogens is 286 g/mol. The minimum Gasteiger partial charge on any atom is -0.490 e. The molecule has 1 saturated carbocycles. The van der Waals surface area contributed by atoms with Crippen molar-refractivity contribution in [1.82, 2.24) is 0 Å². The summed E-state index contributed by atoms with van der Waals surface area (Å²) in [7, 11) is 0. The van der Waals surface area contributed by atoms with Gasteiger partial charge in [0.15, 0.2) is 0 Å². The molecule has 22 heavy (non-hydrogen) atoms. The molecule has 0 spiro atoms. The second-order valence-electron chi connectivity index (χ2n) is 5.54. The molecule has 0 heterocycles. The van der Waals surface area contributed by atoms with Crippen LogP contribution >= 0.6 is 0 Å². The predicted octanol–water partition coefficient (Wildman–Crippen LogP) is 4.73. The highest BCUT2D eigenvalue weighted by atomic mass is 19.1. The Bertz CT molecular complexity index is 532. The summed E-state index contributed by atoms with van der Waals surface area (Å²) in [5, 5.41) is 0. The monoisotopic (exact) mass is 304 g/mol. The Balaban J connectivity index is 1.47. The second-order valence-corrected chi connectivity index (χ2v) is 5.54. The van der Waals surface area contributed by atoms with Gasteiger partial charge in [-0.25, -0.2) is 8.78 Å². The molecule has 0 N–H and O–H groups in total. The molecule has 0 amide bonds. The van der Waals surface area contributed by atoms with Crippen LogP contribution in [-0.2, 0) is 0 Å². The van der Waals surface area contributed by atoms with E-state index in [1.54, 1.807) is 24.3 Å². The van der Waals surface area contributed by atoms with Gasteiger partial charge in [0.1, 0.15) is 23.1 Å². The van der Waals surface area contributed by atoms with Crippen molar-refractivity contribution in [3.8, 4) is 11.5 Å². The largest absolute Gasteiger partial charge is 0.490 e. The van der Waals surface area contributed by atoms with Crippen LogP contribution in [0.15, 0.2) is 48.5 Å². The summed E-state index contributed by atoms with van der Waals surface area (Å²) in [4.78, 5) is 0. The van der Waals surface area contributed by atoms with E-state index in [9.17, 15) is 8.78 Å². The molecule has 2 nitrogen and oxygen atoms in total. The highest BCUT2D eigenvalue weighted by molar-refractivity contribution is 5.23. The van der Waals surface area contributed by atoms with Gasteiger partial charge in [0, 0.05) is 0 Å². The predicted molar refractivity (Wildman–Crippen MR) is 80.1 cm³/mol. The van der Waals surface area contributed by atoms with E-state index in [-0.39, 0.29) is 23.8 Å². The number of ether oxygens (including phenoxy) is 2. The number of halogens is 2. The van der Waals surface area contributed by atoms with Gasteiger partial charge >= 0.3 is 0 Å². The van der Waals surface area contributed by atoms with E-state index in [0.717, 1.165) is 25.7 Å². The summed E-state index contributed by atoms with van der Waals surface area (Å²) in [6.45, 7) is 0. The SMILES string of the molecule is Fc1ccc(OC2CCC(Oc3ccc(F)cc3)CC2)cc1. The van der Waals surface area contributed by atoms with Crippen molar-refractivity contribution < 1.29 is 18.3 Å². The van der Waals surface area contributed by atoms with Gasteiger partial charge in [-0.05, 0) is 74.2 Å². The molecule has 116 valence electrons. The highest BCUT2D eigenvalue weighted by Crippen LogP contribution is 2.27. The first-order valence-electron chi connectivity index (χ1n) is 7.53. The quantitative estimate of drug-likeness (QED) is 0.812. The van der Waals surface area contributed by atoms with Crippen LogP contribution in [0, 0.1) is 11.6 Å². The summed E-state index contributed by atoms with van der Waals surface area (Å²) in [5.74, 6) is 0.876. The molecule has 0 bridgehead atoms. The Kier molecular flexibility index (Phi) is 4.56. The van der Waals surface area contributed by atoms with E-state index in [1.165, 1.54) is 24.3 Å². The second kappa shape index (κ2) is 6.77. The van der Waals surface area contributed by atoms with Crippen molar-refractivity contribution in [2.45, 2.75) is 37.9 Å². The Hall–Kier alpha value is -2.10. The van der Waals surface area contributed by atoms with E-state index in [1.807, 2.05) is 0 Å². The molecule has 2 aromatic carbocycles. The average Bonchev–Trinajstić information content (AvgIpc) is 2.54. The van der Waals surface area contributed by atoms with Crippen molar-refractivity contribution in [2.75, 3.05) is 0 Å². The van der Waals surface area contributed by atoms with Crippen molar-refractivity contribution in [3.05, 3.63) is 60.2 Å². The van der Waals surface area contributed by atoms with Crippen molar-refractivity contribution >= 4 is 0 Å². The van der Waals surface area contributed by atoms with Crippen LogP contribution in [0.5, 0.6) is 11.5 Å². The molecule has 0 radical (unpaired) electrons. The lowest BCUT2D eigenvalue weighted by atomic mass is 9.95. The summed E-state index contributed by atoms with van der Waals surface area (Å²) >= 11 is 0. The number of rotatable bonds is 4. The Morgan fingerprint density at radius 2 is 0.909 bits per heavy atom. The molecule has 2 aromatic rings. The van der Waals surface area contributed by atoms with Crippen LogP contribution < -0.4 is 9.47 Å². The van der Waals surface area contributed by atoms with Crippen LogP contribution in [0.2, 0.25) is 0 Å². The fourth-order valence-corrected chi connectivity index (χ4v) is 2.68. The number of hydrogen-bond donors (Lipinski definition) is 0. The first-order chi connectivity index (χ1) is 10.7. The zero-order valence-electron chi connectivity index (χ0n) is 12.2. The molecule has 1 aliphatic carbocycles. The van der Waals surface area contributed by atoms with Crippen molar-refractivity contribution in [1.29, 1.82) is 0 Å². The lowest BCUT2D eigenvalue weighted by molar-refractivity contribution is 0.0806. The maximum Gasteiger partial charge on any atom is 0.123 e. The first kappa shape index (κ1) is 14.8. The van der Waals surface area contributed by atoms with E-state index >= 15 is 0 Å². The lowest BCUT2D eigenvalue weighted by Crippen LogP contribution is -2.30. The van der Waals surface area contributed by atoms with E-state index in [2.05, 4.69) is 0 Å². The maximum absolute atomic E-state index is 12.9. The molecule has 3 rings (SSSR count). The average molecular weight is 304 g/mol. The molecule has 1 fully saturated rings. The lowest BCUT2D eigenvalue weighted by Gasteiger charge is -2.29. The molecule has 0 saturated heterocycles. The van der Waals surface area contributed by atoms with Crippen LogP contribution in [0.3, 0.4) is 0 Å². The standard InChI is InChI=1S/C18H18F2O2/c19-13-1-5-15(6-2-13)21-17-9-11-18(12-10-17)22-16-7-3-14(20)4-8-16/h1-8,17-18H,9-12H2. The summed E-state index contributed by atoms with van der Waals surface area (Å²) in [5.41, 5.74) is 0. The van der Waals surface area contributed by atoms with Crippen LogP contribution in [0.25, 0.3) is 0 Å². The molecule has 4 heteroatoms. The fraction of sp³-hybridized carbons (Fsp3) is 0.333. The fourth-order valence-electron chi connectivity index (χ4n) is 2.68. The molecule has 0 atom stereocenters. The summed E-state index contributed by atoms with van der Waals surface area (Å²) in [6, 6.07) is 12.2. The van der Waals surface area contributed by atoms with Gasteiger partial charge in [-0.15, -0.1) is 0 Å². The van der Waals surface area contributed by atoms with Crippen molar-refractivity contribution in [3.63, 3.8) is 0 Å². The third kappa shape index (κ3) is 3.97. The first-order valence-corrected chi connectivity index (χ1v) is 7.53. The van der Waals surface area contributed by atoms with Gasteiger partial charge in [0.2, 0.25) is 0 Å². The van der Waals surface area contributed by atoms with Gasteiger partial charge in [0.05, 0.1) is 12.2 Å². The van der Waals surface area contributed by atoms with Crippen LogP contribution in [0.1, 0.15) is 25.7 Å². The molecular formula is C18H18F2O2. The van der Waals surface area contributed by atoms with Gasteiger partial charge < -0.3 is 9.47 Å². The zero-order chi connectivity index (χ0) is 15.4. The van der Waals surface area contributed by atoms with Crippen LogP contribution in [-0.4, -0.2) is 12.2 Å². The maximum atomic E-state index is 12.9. The van der Waals surface area contributed by atoms with Gasteiger partial charge in [0.25, 0.3) is 0 Å². The molecule has 0 aliphatic heterocycles.